The van der Waals surface area contributed by atoms with Crippen LogP contribution in [-0.2, 0) is 16.1 Å². The number of imide groups is 1. The Hall–Kier alpha value is -3.38. The number of aryl methyl sites for hydroxylation is 1. The molecule has 29 heavy (non-hydrogen) atoms. The fourth-order valence-corrected chi connectivity index (χ4v) is 3.66. The molecule has 0 fully saturated rings. The first-order valence-electron chi connectivity index (χ1n) is 8.99. The third kappa shape index (κ3) is 3.32. The lowest BCUT2D eigenvalue weighted by Crippen LogP contribution is -2.33. The fourth-order valence-electron chi connectivity index (χ4n) is 3.54. The van der Waals surface area contributed by atoms with Crippen molar-refractivity contribution >= 4 is 29.4 Å². The number of carbonyl (C=O) groups excluding carboxylic acids is 3. The van der Waals surface area contributed by atoms with Gasteiger partial charge in [0.15, 0.2) is 0 Å². The molecule has 1 aromatic heterocycles. The van der Waals surface area contributed by atoms with E-state index < -0.39 is 17.8 Å². The van der Waals surface area contributed by atoms with Crippen LogP contribution in [0.4, 0.5) is 0 Å². The van der Waals surface area contributed by atoms with Crippen molar-refractivity contribution in [3.8, 4) is 5.69 Å². The molecule has 0 saturated carbocycles. The quantitative estimate of drug-likeness (QED) is 0.611. The summed E-state index contributed by atoms with van der Waals surface area (Å²) in [7, 11) is 0. The Bertz CT molecular complexity index is 1110. The summed E-state index contributed by atoms with van der Waals surface area (Å²) in [5, 5.41) is 1.17. The molecular formula is C22H17ClN2O4. The van der Waals surface area contributed by atoms with Gasteiger partial charge < -0.3 is 9.40 Å². The molecule has 146 valence electrons. The summed E-state index contributed by atoms with van der Waals surface area (Å²) >= 11 is 5.96. The van der Waals surface area contributed by atoms with Crippen LogP contribution in [0.1, 0.15) is 37.7 Å². The van der Waals surface area contributed by atoms with Crippen molar-refractivity contribution in [2.75, 3.05) is 0 Å². The maximum Gasteiger partial charge on any atom is 0.337 e. The zero-order valence-electron chi connectivity index (χ0n) is 15.8. The molecule has 1 aliphatic heterocycles. The lowest BCUT2D eigenvalue weighted by molar-refractivity contribution is -0.167. The first-order chi connectivity index (χ1) is 13.9. The van der Waals surface area contributed by atoms with E-state index in [0.29, 0.717) is 10.1 Å². The highest BCUT2D eigenvalue weighted by Crippen LogP contribution is 2.25. The van der Waals surface area contributed by atoms with Crippen molar-refractivity contribution in [3.63, 3.8) is 0 Å². The fraction of sp³-hybridized carbons (Fsp3) is 0.136. The van der Waals surface area contributed by atoms with Crippen molar-refractivity contribution in [1.29, 1.82) is 0 Å². The molecule has 0 radical (unpaired) electrons. The number of halogens is 1. The molecule has 2 heterocycles. The number of hydrogen-bond acceptors (Lipinski definition) is 4. The molecule has 0 saturated heterocycles. The first-order valence-corrected chi connectivity index (χ1v) is 9.37. The molecule has 0 unspecified atom stereocenters. The summed E-state index contributed by atoms with van der Waals surface area (Å²) in [6.07, 6.45) is -0.0688. The number of hydrogen-bond donors (Lipinski definition) is 0. The van der Waals surface area contributed by atoms with Gasteiger partial charge in [0, 0.05) is 22.1 Å². The van der Waals surface area contributed by atoms with Gasteiger partial charge in [-0.15, -0.1) is 0 Å². The van der Waals surface area contributed by atoms with E-state index in [1.807, 2.05) is 36.6 Å². The zero-order chi connectivity index (χ0) is 20.7. The van der Waals surface area contributed by atoms with Gasteiger partial charge in [-0.05, 0) is 61.9 Å². The van der Waals surface area contributed by atoms with Gasteiger partial charge in [-0.25, -0.2) is 4.79 Å². The molecule has 0 spiro atoms. The number of benzene rings is 2. The topological polar surface area (TPSA) is 68.6 Å². The predicted molar refractivity (Wildman–Crippen MR) is 107 cm³/mol. The van der Waals surface area contributed by atoms with E-state index in [2.05, 4.69) is 0 Å². The minimum absolute atomic E-state index is 0.0688. The van der Waals surface area contributed by atoms with Crippen LogP contribution in [0.2, 0.25) is 5.02 Å². The number of rotatable bonds is 4. The molecule has 2 aromatic carbocycles. The van der Waals surface area contributed by atoms with Crippen LogP contribution in [0.3, 0.4) is 0 Å². The van der Waals surface area contributed by atoms with E-state index in [1.54, 1.807) is 24.3 Å². The van der Waals surface area contributed by atoms with E-state index in [1.165, 1.54) is 12.1 Å². The molecule has 4 rings (SSSR count). The van der Waals surface area contributed by atoms with E-state index in [9.17, 15) is 14.4 Å². The maximum atomic E-state index is 12.5. The smallest absolute Gasteiger partial charge is 0.329 e. The molecule has 0 bridgehead atoms. The average Bonchev–Trinajstić information content (AvgIpc) is 3.11. The van der Waals surface area contributed by atoms with Crippen molar-refractivity contribution in [2.45, 2.75) is 20.3 Å². The lowest BCUT2D eigenvalue weighted by Gasteiger charge is -2.13. The molecule has 2 amide bonds. The van der Waals surface area contributed by atoms with Gasteiger partial charge in [-0.3, -0.25) is 9.59 Å². The summed E-state index contributed by atoms with van der Waals surface area (Å²) in [6, 6.07) is 15.6. The number of hydroxylamine groups is 2. The Kier molecular flexibility index (Phi) is 4.72. The van der Waals surface area contributed by atoms with Crippen LogP contribution in [-0.4, -0.2) is 27.4 Å². The van der Waals surface area contributed by atoms with Gasteiger partial charge in [0.25, 0.3) is 11.8 Å². The van der Waals surface area contributed by atoms with Gasteiger partial charge in [0.1, 0.15) is 0 Å². The lowest BCUT2D eigenvalue weighted by atomic mass is 10.1. The Labute approximate surface area is 172 Å². The molecular weight excluding hydrogens is 392 g/mol. The van der Waals surface area contributed by atoms with Gasteiger partial charge in [0.2, 0.25) is 0 Å². The van der Waals surface area contributed by atoms with Crippen molar-refractivity contribution in [3.05, 3.63) is 87.7 Å². The van der Waals surface area contributed by atoms with Gasteiger partial charge in [-0.1, -0.05) is 28.8 Å². The highest BCUT2D eigenvalue weighted by atomic mass is 35.5. The molecule has 0 N–H and O–H groups in total. The van der Waals surface area contributed by atoms with Gasteiger partial charge in [-0.2, -0.15) is 0 Å². The van der Waals surface area contributed by atoms with Crippen LogP contribution in [0, 0.1) is 13.8 Å². The Morgan fingerprint density at radius 2 is 1.55 bits per heavy atom. The first kappa shape index (κ1) is 19.0. The highest BCUT2D eigenvalue weighted by Gasteiger charge is 2.38. The molecule has 0 atom stereocenters. The van der Waals surface area contributed by atoms with Crippen LogP contribution in [0.5, 0.6) is 0 Å². The van der Waals surface area contributed by atoms with Crippen LogP contribution in [0.15, 0.2) is 54.6 Å². The van der Waals surface area contributed by atoms with Crippen LogP contribution in [0.25, 0.3) is 5.69 Å². The zero-order valence-corrected chi connectivity index (χ0v) is 16.6. The molecule has 1 aliphatic rings. The van der Waals surface area contributed by atoms with Gasteiger partial charge in [0.05, 0.1) is 17.5 Å². The number of amides is 2. The number of nitrogens with zero attached hydrogens (tertiary/aromatic N) is 2. The number of carbonyl (C=O) groups is 3. The third-order valence-corrected chi connectivity index (χ3v) is 5.16. The number of aromatic nitrogens is 1. The summed E-state index contributed by atoms with van der Waals surface area (Å²) < 4.78 is 2.00. The summed E-state index contributed by atoms with van der Waals surface area (Å²) in [5.41, 5.74) is 3.93. The predicted octanol–water partition coefficient (Wildman–Crippen LogP) is 4.04. The van der Waals surface area contributed by atoms with Crippen molar-refractivity contribution in [2.24, 2.45) is 0 Å². The van der Waals surface area contributed by atoms with Crippen LogP contribution < -0.4 is 0 Å². The minimum atomic E-state index is -0.684. The summed E-state index contributed by atoms with van der Waals surface area (Å²) in [4.78, 5) is 42.3. The Balaban J connectivity index is 1.53. The SMILES string of the molecule is Cc1cc(CC(=O)ON2C(=O)c3ccccc3C2=O)c(C)n1-c1ccc(Cl)cc1. The second-order valence-electron chi connectivity index (χ2n) is 6.80. The minimum Gasteiger partial charge on any atom is -0.329 e. The normalized spacial score (nSPS) is 13.0. The van der Waals surface area contributed by atoms with Gasteiger partial charge >= 0.3 is 5.97 Å². The average molecular weight is 409 g/mol. The van der Waals surface area contributed by atoms with E-state index in [0.717, 1.165) is 22.6 Å². The van der Waals surface area contributed by atoms with Crippen molar-refractivity contribution < 1.29 is 19.2 Å². The Morgan fingerprint density at radius 3 is 2.14 bits per heavy atom. The molecule has 0 aliphatic carbocycles. The summed E-state index contributed by atoms with van der Waals surface area (Å²) in [6.45, 7) is 3.83. The largest absolute Gasteiger partial charge is 0.337 e. The van der Waals surface area contributed by atoms with Crippen LogP contribution >= 0.6 is 11.6 Å². The maximum absolute atomic E-state index is 12.5. The second kappa shape index (κ2) is 7.22. The Morgan fingerprint density at radius 1 is 0.966 bits per heavy atom. The van der Waals surface area contributed by atoms with E-state index in [4.69, 9.17) is 16.4 Å². The van der Waals surface area contributed by atoms with E-state index >= 15 is 0 Å². The monoisotopic (exact) mass is 408 g/mol. The third-order valence-electron chi connectivity index (χ3n) is 4.91. The standard InChI is InChI=1S/C22H17ClN2O4/c1-13-11-15(14(2)24(13)17-9-7-16(23)8-10-17)12-20(26)29-25-21(27)18-5-3-4-6-19(18)22(25)28/h3-11H,12H2,1-2H3. The molecule has 7 heteroatoms. The molecule has 6 nitrogen and oxygen atoms in total. The van der Waals surface area contributed by atoms with E-state index in [-0.39, 0.29) is 17.5 Å². The second-order valence-corrected chi connectivity index (χ2v) is 7.23. The number of fused-ring (bicyclic) bond motifs is 1. The summed E-state index contributed by atoms with van der Waals surface area (Å²) in [5.74, 6) is -1.95. The highest BCUT2D eigenvalue weighted by molar-refractivity contribution is 6.30. The molecule has 3 aromatic rings. The van der Waals surface area contributed by atoms with Crippen molar-refractivity contribution in [1.82, 2.24) is 9.63 Å².